The number of urea groups is 1. The summed E-state index contributed by atoms with van der Waals surface area (Å²) < 4.78 is 0. The smallest absolute Gasteiger partial charge is 0.317 e. The van der Waals surface area contributed by atoms with Crippen molar-refractivity contribution >= 4 is 6.03 Å². The van der Waals surface area contributed by atoms with Gasteiger partial charge in [0.15, 0.2) is 0 Å². The Kier molecular flexibility index (Phi) is 3.85. The Morgan fingerprint density at radius 1 is 1.33 bits per heavy atom. The number of nitrogens with one attached hydrogen (secondary N) is 1. The van der Waals surface area contributed by atoms with Gasteiger partial charge in [0.2, 0.25) is 0 Å². The fraction of sp³-hybridized carbons (Fsp3) is 0.929. The van der Waals surface area contributed by atoms with Crippen molar-refractivity contribution in [2.75, 3.05) is 13.1 Å². The molecule has 2 N–H and O–H groups in total. The molecule has 2 aliphatic rings. The van der Waals surface area contributed by atoms with E-state index in [1.54, 1.807) is 18.7 Å². The van der Waals surface area contributed by atoms with Crippen molar-refractivity contribution in [3.63, 3.8) is 0 Å². The minimum Gasteiger partial charge on any atom is -0.389 e. The van der Waals surface area contributed by atoms with Crippen LogP contribution < -0.4 is 5.32 Å². The summed E-state index contributed by atoms with van der Waals surface area (Å²) in [6.45, 7) is 6.45. The number of aliphatic hydroxyl groups is 1. The van der Waals surface area contributed by atoms with Crippen LogP contribution in [0.2, 0.25) is 0 Å². The van der Waals surface area contributed by atoms with E-state index in [-0.39, 0.29) is 6.03 Å². The molecule has 0 heterocycles. The summed E-state index contributed by atoms with van der Waals surface area (Å²) in [4.78, 5) is 13.9. The first-order valence-electron chi connectivity index (χ1n) is 7.18. The van der Waals surface area contributed by atoms with Gasteiger partial charge in [-0.15, -0.1) is 0 Å². The number of carbonyl (C=O) groups excluding carboxylic acids is 1. The Morgan fingerprint density at radius 3 is 2.17 bits per heavy atom. The number of carbonyl (C=O) groups is 1. The summed E-state index contributed by atoms with van der Waals surface area (Å²) >= 11 is 0. The van der Waals surface area contributed by atoms with Crippen LogP contribution >= 0.6 is 0 Å². The quantitative estimate of drug-likeness (QED) is 0.761. The first-order valence-corrected chi connectivity index (χ1v) is 7.18. The van der Waals surface area contributed by atoms with Crippen molar-refractivity contribution in [2.24, 2.45) is 11.8 Å². The van der Waals surface area contributed by atoms with Crippen LogP contribution in [0.5, 0.6) is 0 Å². The molecule has 2 amide bonds. The lowest BCUT2D eigenvalue weighted by atomic mass is 10.1. The van der Waals surface area contributed by atoms with Gasteiger partial charge in [0.05, 0.1) is 12.1 Å². The summed E-state index contributed by atoms with van der Waals surface area (Å²) in [5.74, 6) is 1.42. The summed E-state index contributed by atoms with van der Waals surface area (Å²) in [5.41, 5.74) is -0.831. The fourth-order valence-electron chi connectivity index (χ4n) is 2.56. The number of nitrogens with zero attached hydrogens (tertiary/aromatic N) is 1. The van der Waals surface area contributed by atoms with Crippen LogP contribution in [-0.2, 0) is 0 Å². The van der Waals surface area contributed by atoms with Gasteiger partial charge in [0.25, 0.3) is 0 Å². The lowest BCUT2D eigenvalue weighted by molar-refractivity contribution is 0.0473. The van der Waals surface area contributed by atoms with Crippen LogP contribution in [0.15, 0.2) is 0 Å². The molecule has 0 aliphatic heterocycles. The Hall–Kier alpha value is -0.770. The average molecular weight is 254 g/mol. The fourth-order valence-corrected chi connectivity index (χ4v) is 2.56. The first-order chi connectivity index (χ1) is 8.40. The van der Waals surface area contributed by atoms with E-state index >= 15 is 0 Å². The number of likely N-dealkylation sites (N-methyl/N-ethyl adjacent to an activating group) is 1. The molecule has 104 valence electrons. The number of hydrogen-bond donors (Lipinski definition) is 2. The maximum atomic E-state index is 12.2. The summed E-state index contributed by atoms with van der Waals surface area (Å²) in [6, 6.07) is 0.372. The molecule has 0 saturated heterocycles. The molecular weight excluding hydrogens is 228 g/mol. The second-order valence-electron chi connectivity index (χ2n) is 6.48. The normalized spacial score (nSPS) is 20.1. The zero-order valence-corrected chi connectivity index (χ0v) is 11.8. The van der Waals surface area contributed by atoms with Gasteiger partial charge in [-0.1, -0.05) is 0 Å². The van der Waals surface area contributed by atoms with Gasteiger partial charge in [-0.05, 0) is 58.3 Å². The third kappa shape index (κ3) is 3.87. The van der Waals surface area contributed by atoms with Gasteiger partial charge in [-0.2, -0.15) is 0 Å². The van der Waals surface area contributed by atoms with Crippen molar-refractivity contribution in [3.05, 3.63) is 0 Å². The summed E-state index contributed by atoms with van der Waals surface area (Å²) in [5, 5.41) is 13.0. The molecule has 0 spiro atoms. The number of rotatable bonds is 6. The highest BCUT2D eigenvalue weighted by molar-refractivity contribution is 5.74. The molecule has 2 rings (SSSR count). The van der Waals surface area contributed by atoms with Crippen LogP contribution in [0.4, 0.5) is 4.79 Å². The number of amides is 2. The van der Waals surface area contributed by atoms with Crippen molar-refractivity contribution < 1.29 is 9.90 Å². The van der Waals surface area contributed by atoms with Gasteiger partial charge in [0, 0.05) is 12.6 Å². The topological polar surface area (TPSA) is 52.6 Å². The molecule has 2 aliphatic carbocycles. The van der Waals surface area contributed by atoms with Crippen LogP contribution in [-0.4, -0.2) is 40.8 Å². The van der Waals surface area contributed by atoms with Crippen molar-refractivity contribution in [1.82, 2.24) is 10.2 Å². The molecule has 0 aromatic carbocycles. The highest BCUT2D eigenvalue weighted by Crippen LogP contribution is 2.44. The summed E-state index contributed by atoms with van der Waals surface area (Å²) in [7, 11) is 0. The lowest BCUT2D eigenvalue weighted by Crippen LogP contribution is -2.50. The Morgan fingerprint density at radius 2 is 1.83 bits per heavy atom. The monoisotopic (exact) mass is 254 g/mol. The van der Waals surface area contributed by atoms with E-state index in [1.165, 1.54) is 25.7 Å². The molecule has 2 fully saturated rings. The standard InChI is InChI=1S/C14H26N2O2/c1-4-16(9-14(2,3)18)13(17)15-12(10-5-6-10)11-7-8-11/h10-12,18H,4-9H2,1-3H3,(H,15,17). The first kappa shape index (κ1) is 13.7. The Labute approximate surface area is 110 Å². The molecule has 0 bridgehead atoms. The van der Waals surface area contributed by atoms with Crippen LogP contribution in [0.25, 0.3) is 0 Å². The van der Waals surface area contributed by atoms with E-state index < -0.39 is 5.60 Å². The van der Waals surface area contributed by atoms with E-state index in [0.717, 1.165) is 0 Å². The maximum absolute atomic E-state index is 12.2. The largest absolute Gasteiger partial charge is 0.389 e. The minimum atomic E-state index is -0.831. The molecule has 0 radical (unpaired) electrons. The SMILES string of the molecule is CCN(CC(C)(C)O)C(=O)NC(C1CC1)C1CC1. The zero-order valence-electron chi connectivity index (χ0n) is 11.8. The third-order valence-electron chi connectivity index (χ3n) is 3.80. The highest BCUT2D eigenvalue weighted by atomic mass is 16.3. The Balaban J connectivity index is 1.87. The van der Waals surface area contributed by atoms with Gasteiger partial charge >= 0.3 is 6.03 Å². The maximum Gasteiger partial charge on any atom is 0.317 e. The van der Waals surface area contributed by atoms with Gasteiger partial charge in [-0.25, -0.2) is 4.79 Å². The van der Waals surface area contributed by atoms with E-state index in [4.69, 9.17) is 0 Å². The number of hydrogen-bond acceptors (Lipinski definition) is 2. The second-order valence-corrected chi connectivity index (χ2v) is 6.48. The predicted octanol–water partition coefficient (Wildman–Crippen LogP) is 1.98. The van der Waals surface area contributed by atoms with Crippen molar-refractivity contribution in [2.45, 2.75) is 58.1 Å². The molecule has 2 saturated carbocycles. The Bertz CT molecular complexity index is 291. The van der Waals surface area contributed by atoms with E-state index in [9.17, 15) is 9.90 Å². The van der Waals surface area contributed by atoms with Crippen molar-refractivity contribution in [1.29, 1.82) is 0 Å². The van der Waals surface area contributed by atoms with E-state index in [1.807, 2.05) is 6.92 Å². The van der Waals surface area contributed by atoms with Gasteiger partial charge in [0.1, 0.15) is 0 Å². The molecule has 0 aromatic heterocycles. The molecular formula is C14H26N2O2. The lowest BCUT2D eigenvalue weighted by Gasteiger charge is -2.30. The molecule has 0 aromatic rings. The minimum absolute atomic E-state index is 0.0107. The third-order valence-corrected chi connectivity index (χ3v) is 3.80. The highest BCUT2D eigenvalue weighted by Gasteiger charge is 2.42. The van der Waals surface area contributed by atoms with Gasteiger partial charge < -0.3 is 15.3 Å². The molecule has 0 atom stereocenters. The molecule has 4 heteroatoms. The van der Waals surface area contributed by atoms with Crippen LogP contribution in [0, 0.1) is 11.8 Å². The second kappa shape index (κ2) is 5.08. The average Bonchev–Trinajstić information content (AvgIpc) is 3.14. The van der Waals surface area contributed by atoms with E-state index in [2.05, 4.69) is 5.32 Å². The molecule has 0 unspecified atom stereocenters. The van der Waals surface area contributed by atoms with Crippen molar-refractivity contribution in [3.8, 4) is 0 Å². The summed E-state index contributed by atoms with van der Waals surface area (Å²) in [6.07, 6.45) is 5.05. The predicted molar refractivity (Wildman–Crippen MR) is 71.3 cm³/mol. The van der Waals surface area contributed by atoms with Gasteiger partial charge in [-0.3, -0.25) is 0 Å². The van der Waals surface area contributed by atoms with Crippen LogP contribution in [0.1, 0.15) is 46.5 Å². The van der Waals surface area contributed by atoms with E-state index in [0.29, 0.717) is 31.0 Å². The molecule has 4 nitrogen and oxygen atoms in total. The van der Waals surface area contributed by atoms with Crippen LogP contribution in [0.3, 0.4) is 0 Å². The zero-order chi connectivity index (χ0) is 13.3. The molecule has 18 heavy (non-hydrogen) atoms.